The number of carbonyl (C=O) groups is 1. The second kappa shape index (κ2) is 9.27. The lowest BCUT2D eigenvalue weighted by Crippen LogP contribution is -2.31. The van der Waals surface area contributed by atoms with Gasteiger partial charge in [0.05, 0.1) is 18.8 Å². The lowest BCUT2D eigenvalue weighted by Gasteiger charge is -2.11. The summed E-state index contributed by atoms with van der Waals surface area (Å²) >= 11 is 0. The zero-order valence-corrected chi connectivity index (χ0v) is 17.9. The Morgan fingerprint density at radius 1 is 1.19 bits per heavy atom. The summed E-state index contributed by atoms with van der Waals surface area (Å²) in [5, 5.41) is 3.72. The Bertz CT molecular complexity index is 1080. The molecule has 1 aromatic heterocycles. The zero-order valence-electron chi connectivity index (χ0n) is 17.9. The molecule has 0 radical (unpaired) electrons. The maximum absolute atomic E-state index is 13.3. The van der Waals surface area contributed by atoms with E-state index in [9.17, 15) is 4.79 Å². The molecule has 0 aliphatic carbocycles. The maximum Gasteiger partial charge on any atom is 0.255 e. The molecule has 2 heterocycles. The number of nitrogens with one attached hydrogen (secondary N) is 1. The van der Waals surface area contributed by atoms with Gasteiger partial charge in [-0.1, -0.05) is 6.58 Å². The molecule has 1 saturated heterocycles. The number of furan rings is 1. The minimum absolute atomic E-state index is 0.0565. The smallest absolute Gasteiger partial charge is 0.255 e. The van der Waals surface area contributed by atoms with Crippen LogP contribution >= 0.6 is 0 Å². The van der Waals surface area contributed by atoms with Crippen molar-refractivity contribution in [2.45, 2.75) is 25.9 Å². The largest absolute Gasteiger partial charge is 0.497 e. The second-order valence-electron chi connectivity index (χ2n) is 7.78. The Hall–Kier alpha value is -3.25. The van der Waals surface area contributed by atoms with Crippen LogP contribution in [0.3, 0.4) is 0 Å². The lowest BCUT2D eigenvalue weighted by molar-refractivity contribution is 0.0859. The molecule has 1 amide bonds. The summed E-state index contributed by atoms with van der Waals surface area (Å²) in [7, 11) is 1.62. The Kier molecular flexibility index (Phi) is 6.28. The van der Waals surface area contributed by atoms with Crippen LogP contribution in [0.15, 0.2) is 59.0 Å². The van der Waals surface area contributed by atoms with Gasteiger partial charge >= 0.3 is 0 Å². The topological polar surface area (TPSA) is 69.9 Å². The van der Waals surface area contributed by atoms with Crippen molar-refractivity contribution in [2.24, 2.45) is 0 Å². The fourth-order valence-corrected chi connectivity index (χ4v) is 3.64. The van der Waals surface area contributed by atoms with Crippen molar-refractivity contribution in [1.82, 2.24) is 5.32 Å². The fraction of sp³-hybridized carbons (Fsp3) is 0.320. The van der Waals surface area contributed by atoms with Crippen LogP contribution < -0.4 is 14.8 Å². The predicted molar refractivity (Wildman–Crippen MR) is 120 cm³/mol. The minimum atomic E-state index is -0.197. The molecule has 0 bridgehead atoms. The monoisotopic (exact) mass is 421 g/mol. The highest BCUT2D eigenvalue weighted by molar-refractivity contribution is 6.11. The van der Waals surface area contributed by atoms with E-state index in [1.54, 1.807) is 7.11 Å². The summed E-state index contributed by atoms with van der Waals surface area (Å²) in [5.41, 5.74) is 2.82. The Labute approximate surface area is 181 Å². The number of amides is 1. The molecule has 0 unspecified atom stereocenters. The summed E-state index contributed by atoms with van der Waals surface area (Å²) in [6, 6.07) is 13.0. The van der Waals surface area contributed by atoms with E-state index in [4.69, 9.17) is 18.6 Å². The third kappa shape index (κ3) is 4.75. The van der Waals surface area contributed by atoms with Crippen LogP contribution in [0.2, 0.25) is 0 Å². The number of fused-ring (bicyclic) bond motifs is 1. The molecule has 6 heteroatoms. The summed E-state index contributed by atoms with van der Waals surface area (Å²) in [6.07, 6.45) is 2.04. The quantitative estimate of drug-likeness (QED) is 0.520. The van der Waals surface area contributed by atoms with E-state index in [-0.39, 0.29) is 12.0 Å². The number of methoxy groups -OCH3 is 1. The van der Waals surface area contributed by atoms with Crippen LogP contribution in [0.25, 0.3) is 22.3 Å². The number of hydrogen-bond acceptors (Lipinski definition) is 5. The molecular formula is C25H27NO5. The van der Waals surface area contributed by atoms with E-state index in [0.717, 1.165) is 36.3 Å². The normalized spacial score (nSPS) is 15.7. The van der Waals surface area contributed by atoms with Crippen molar-refractivity contribution in [3.05, 3.63) is 60.2 Å². The van der Waals surface area contributed by atoms with Gasteiger partial charge in [-0.3, -0.25) is 4.79 Å². The van der Waals surface area contributed by atoms with Crippen LogP contribution in [-0.2, 0) is 4.74 Å². The average molecular weight is 421 g/mol. The van der Waals surface area contributed by atoms with Crippen LogP contribution in [-0.4, -0.2) is 38.9 Å². The van der Waals surface area contributed by atoms with E-state index in [1.165, 1.54) is 0 Å². The molecule has 1 aliphatic rings. The van der Waals surface area contributed by atoms with E-state index < -0.39 is 0 Å². The second-order valence-corrected chi connectivity index (χ2v) is 7.78. The molecule has 1 aliphatic heterocycles. The van der Waals surface area contributed by atoms with E-state index in [2.05, 4.69) is 11.9 Å². The molecule has 162 valence electrons. The third-order valence-electron chi connectivity index (χ3n) is 5.24. The molecule has 31 heavy (non-hydrogen) atoms. The van der Waals surface area contributed by atoms with Crippen molar-refractivity contribution in [3.8, 4) is 22.8 Å². The van der Waals surface area contributed by atoms with Crippen molar-refractivity contribution in [2.75, 3.05) is 26.9 Å². The summed E-state index contributed by atoms with van der Waals surface area (Å²) in [5.74, 6) is 1.71. The maximum atomic E-state index is 13.3. The molecule has 2 aromatic carbocycles. The number of hydrogen-bond donors (Lipinski definition) is 1. The van der Waals surface area contributed by atoms with E-state index in [1.807, 2.05) is 49.4 Å². The molecule has 1 fully saturated rings. The molecule has 3 aromatic rings. The van der Waals surface area contributed by atoms with Gasteiger partial charge in [0.2, 0.25) is 0 Å². The van der Waals surface area contributed by atoms with Crippen molar-refractivity contribution in [3.63, 3.8) is 0 Å². The van der Waals surface area contributed by atoms with Gasteiger partial charge in [0.25, 0.3) is 5.91 Å². The number of ether oxygens (including phenoxy) is 3. The van der Waals surface area contributed by atoms with Crippen molar-refractivity contribution in [1.29, 1.82) is 0 Å². The standard InChI is InChI=1S/C25H27NO5/c1-16(2)15-30-19-10-11-22-21(13-19)23(25(27)26-14-20-5-4-12-29-20)24(31-22)17-6-8-18(28-3)9-7-17/h6-11,13,20H,1,4-5,12,14-15H2,2-3H3,(H,26,27)/t20-/m1/s1. The van der Waals surface area contributed by atoms with Gasteiger partial charge in [0.1, 0.15) is 29.4 Å². The Morgan fingerprint density at radius 3 is 2.65 bits per heavy atom. The van der Waals surface area contributed by atoms with Gasteiger partial charge in [-0.05, 0) is 67.8 Å². The first-order valence-corrected chi connectivity index (χ1v) is 10.4. The van der Waals surface area contributed by atoms with Crippen molar-refractivity contribution >= 4 is 16.9 Å². The number of benzene rings is 2. The highest BCUT2D eigenvalue weighted by Gasteiger charge is 2.24. The predicted octanol–water partition coefficient (Wildman–Crippen LogP) is 4.97. The summed E-state index contributed by atoms with van der Waals surface area (Å²) < 4.78 is 22.8. The van der Waals surface area contributed by atoms with Crippen LogP contribution in [0.5, 0.6) is 11.5 Å². The number of carbonyl (C=O) groups excluding carboxylic acids is 1. The first kappa shape index (κ1) is 21.0. The van der Waals surface area contributed by atoms with Crippen LogP contribution in [0.1, 0.15) is 30.1 Å². The molecular weight excluding hydrogens is 394 g/mol. The highest BCUT2D eigenvalue weighted by Crippen LogP contribution is 2.36. The van der Waals surface area contributed by atoms with Gasteiger partial charge in [-0.2, -0.15) is 0 Å². The Balaban J connectivity index is 1.72. The van der Waals surface area contributed by atoms with Gasteiger partial charge in [-0.25, -0.2) is 0 Å². The van der Waals surface area contributed by atoms with Crippen LogP contribution in [0.4, 0.5) is 0 Å². The van der Waals surface area contributed by atoms with E-state index >= 15 is 0 Å². The van der Waals surface area contributed by atoms with Gasteiger partial charge in [0.15, 0.2) is 0 Å². The molecule has 0 saturated carbocycles. The van der Waals surface area contributed by atoms with E-state index in [0.29, 0.717) is 41.2 Å². The molecule has 1 N–H and O–H groups in total. The summed E-state index contributed by atoms with van der Waals surface area (Å²) in [4.78, 5) is 13.3. The van der Waals surface area contributed by atoms with Gasteiger partial charge in [-0.15, -0.1) is 0 Å². The van der Waals surface area contributed by atoms with Gasteiger partial charge < -0.3 is 23.9 Å². The SMILES string of the molecule is C=C(C)COc1ccc2oc(-c3ccc(OC)cc3)c(C(=O)NC[C@H]3CCCO3)c2c1. The van der Waals surface area contributed by atoms with Gasteiger partial charge in [0, 0.05) is 24.1 Å². The average Bonchev–Trinajstić information content (AvgIpc) is 3.43. The molecule has 1 atom stereocenters. The van der Waals surface area contributed by atoms with Crippen LogP contribution in [0, 0.1) is 0 Å². The minimum Gasteiger partial charge on any atom is -0.497 e. The Morgan fingerprint density at radius 2 is 1.97 bits per heavy atom. The molecule has 4 rings (SSSR count). The molecule has 6 nitrogen and oxygen atoms in total. The first-order valence-electron chi connectivity index (χ1n) is 10.4. The fourth-order valence-electron chi connectivity index (χ4n) is 3.64. The highest BCUT2D eigenvalue weighted by atomic mass is 16.5. The van der Waals surface area contributed by atoms with Crippen molar-refractivity contribution < 1.29 is 23.4 Å². The third-order valence-corrected chi connectivity index (χ3v) is 5.24. The zero-order chi connectivity index (χ0) is 21.8. The first-order chi connectivity index (χ1) is 15.0. The summed E-state index contributed by atoms with van der Waals surface area (Å²) in [6.45, 7) is 7.40. The number of rotatable bonds is 8. The molecule has 0 spiro atoms. The lowest BCUT2D eigenvalue weighted by atomic mass is 10.0.